The zero-order valence-electron chi connectivity index (χ0n) is 16.9. The molecule has 0 aliphatic carbocycles. The molecular weight excluding hydrogens is 396 g/mol. The van der Waals surface area contributed by atoms with Crippen molar-refractivity contribution in [3.8, 4) is 5.75 Å². The number of nitrogens with zero attached hydrogens (tertiary/aromatic N) is 1. The number of pyridine rings is 1. The van der Waals surface area contributed by atoms with Crippen LogP contribution in [0.15, 0.2) is 30.5 Å². The number of carbonyl (C=O) groups excluding carboxylic acids is 2. The monoisotopic (exact) mass is 419 g/mol. The summed E-state index contributed by atoms with van der Waals surface area (Å²) >= 11 is 0. The molecule has 1 saturated heterocycles. The average molecular weight is 419 g/mol. The predicted molar refractivity (Wildman–Crippen MR) is 105 cm³/mol. The minimum Gasteiger partial charge on any atom is -0.493 e. The number of primary amides is 1. The van der Waals surface area contributed by atoms with Crippen LogP contribution in [-0.2, 0) is 9.53 Å². The van der Waals surface area contributed by atoms with Crippen LogP contribution in [0.3, 0.4) is 0 Å². The number of benzene rings is 1. The molecule has 7 nitrogen and oxygen atoms in total. The quantitative estimate of drug-likeness (QED) is 0.749. The summed E-state index contributed by atoms with van der Waals surface area (Å²) < 4.78 is 39.1. The molecule has 3 atom stereocenters. The van der Waals surface area contributed by atoms with Crippen molar-refractivity contribution in [1.29, 1.82) is 0 Å². The number of anilines is 1. The van der Waals surface area contributed by atoms with Gasteiger partial charge in [-0.2, -0.15) is 4.39 Å². The Morgan fingerprint density at radius 1 is 1.37 bits per heavy atom. The largest absolute Gasteiger partial charge is 0.493 e. The molecule has 2 amide bonds. The summed E-state index contributed by atoms with van der Waals surface area (Å²) in [6.45, 7) is 3.78. The van der Waals surface area contributed by atoms with E-state index in [2.05, 4.69) is 10.3 Å². The van der Waals surface area contributed by atoms with Crippen LogP contribution in [0.25, 0.3) is 0 Å². The summed E-state index contributed by atoms with van der Waals surface area (Å²) in [5.41, 5.74) is 5.25. The SMILES string of the molecule is CC[C@]1(C)C[C@@H](c2ccc(F)c(F)c2OC)[C@H](C(=O)Nc2ccnc(C(N)=O)c2)O1. The molecule has 1 aromatic carbocycles. The number of methoxy groups -OCH3 is 1. The van der Waals surface area contributed by atoms with Crippen molar-refractivity contribution in [1.82, 2.24) is 4.98 Å². The molecule has 1 fully saturated rings. The Morgan fingerprint density at radius 2 is 2.10 bits per heavy atom. The molecule has 0 saturated carbocycles. The third-order valence-corrected chi connectivity index (χ3v) is 5.40. The van der Waals surface area contributed by atoms with E-state index in [-0.39, 0.29) is 11.4 Å². The zero-order chi connectivity index (χ0) is 22.1. The van der Waals surface area contributed by atoms with Gasteiger partial charge in [-0.05, 0) is 38.0 Å². The van der Waals surface area contributed by atoms with Crippen molar-refractivity contribution < 1.29 is 27.8 Å². The molecule has 160 valence electrons. The Kier molecular flexibility index (Phi) is 6.02. The van der Waals surface area contributed by atoms with E-state index in [1.54, 1.807) is 0 Å². The topological polar surface area (TPSA) is 104 Å². The lowest BCUT2D eigenvalue weighted by atomic mass is 9.85. The molecule has 0 spiro atoms. The minimum absolute atomic E-state index is 0.00244. The van der Waals surface area contributed by atoms with Gasteiger partial charge in [0, 0.05) is 23.4 Å². The number of aromatic nitrogens is 1. The van der Waals surface area contributed by atoms with Crippen LogP contribution in [0, 0.1) is 11.6 Å². The molecule has 0 bridgehead atoms. The van der Waals surface area contributed by atoms with Gasteiger partial charge in [0.1, 0.15) is 11.8 Å². The molecule has 2 aromatic rings. The number of amides is 2. The number of ether oxygens (including phenoxy) is 2. The Labute approximate surface area is 172 Å². The number of hydrogen-bond donors (Lipinski definition) is 2. The van der Waals surface area contributed by atoms with Gasteiger partial charge in [0.05, 0.1) is 12.7 Å². The Balaban J connectivity index is 1.95. The van der Waals surface area contributed by atoms with Gasteiger partial charge in [-0.25, -0.2) is 4.39 Å². The first kappa shape index (κ1) is 21.6. The number of hydrogen-bond acceptors (Lipinski definition) is 5. The van der Waals surface area contributed by atoms with E-state index in [4.69, 9.17) is 15.2 Å². The first-order valence-corrected chi connectivity index (χ1v) is 9.45. The van der Waals surface area contributed by atoms with E-state index < -0.39 is 41.1 Å². The highest BCUT2D eigenvalue weighted by Gasteiger charge is 2.47. The summed E-state index contributed by atoms with van der Waals surface area (Å²) in [6.07, 6.45) is 1.38. The first-order valence-electron chi connectivity index (χ1n) is 9.45. The highest BCUT2D eigenvalue weighted by molar-refractivity contribution is 5.97. The summed E-state index contributed by atoms with van der Waals surface area (Å²) in [7, 11) is 1.24. The maximum Gasteiger partial charge on any atom is 0.267 e. The lowest BCUT2D eigenvalue weighted by Gasteiger charge is -2.22. The molecule has 1 aliphatic heterocycles. The smallest absolute Gasteiger partial charge is 0.267 e. The van der Waals surface area contributed by atoms with E-state index >= 15 is 0 Å². The van der Waals surface area contributed by atoms with Crippen LogP contribution >= 0.6 is 0 Å². The molecule has 3 rings (SSSR count). The van der Waals surface area contributed by atoms with E-state index in [0.29, 0.717) is 24.1 Å². The van der Waals surface area contributed by atoms with Gasteiger partial charge >= 0.3 is 0 Å². The molecular formula is C21H23F2N3O4. The van der Waals surface area contributed by atoms with E-state index in [9.17, 15) is 18.4 Å². The van der Waals surface area contributed by atoms with Gasteiger partial charge in [0.15, 0.2) is 11.6 Å². The van der Waals surface area contributed by atoms with Gasteiger partial charge in [-0.15, -0.1) is 0 Å². The second-order valence-corrected chi connectivity index (χ2v) is 7.42. The lowest BCUT2D eigenvalue weighted by Crippen LogP contribution is -2.34. The maximum absolute atomic E-state index is 14.3. The van der Waals surface area contributed by atoms with Crippen molar-refractivity contribution >= 4 is 17.5 Å². The standard InChI is InChI=1S/C21H23F2N3O4/c1-4-21(2)10-13(12-5-6-14(22)16(23)17(12)29-3)18(30-21)20(28)26-11-7-8-25-15(9-11)19(24)27/h5-9,13,18H,4,10H2,1-3H3,(H2,24,27)(H,25,26,28)/t13-,18+,21+/m0/s1. The van der Waals surface area contributed by atoms with Gasteiger partial charge in [0.25, 0.3) is 11.8 Å². The third-order valence-electron chi connectivity index (χ3n) is 5.40. The van der Waals surface area contributed by atoms with Crippen LogP contribution in [0.5, 0.6) is 5.75 Å². The number of nitrogens with two attached hydrogens (primary N) is 1. The molecule has 1 aromatic heterocycles. The van der Waals surface area contributed by atoms with Crippen LogP contribution in [0.1, 0.15) is 48.7 Å². The summed E-state index contributed by atoms with van der Waals surface area (Å²) in [5, 5.41) is 2.68. The fourth-order valence-electron chi connectivity index (χ4n) is 3.65. The Hall–Kier alpha value is -3.07. The third kappa shape index (κ3) is 4.11. The van der Waals surface area contributed by atoms with Gasteiger partial charge in [0.2, 0.25) is 5.82 Å². The number of carbonyl (C=O) groups is 2. The minimum atomic E-state index is -1.11. The molecule has 9 heteroatoms. The van der Waals surface area contributed by atoms with Crippen LogP contribution in [0.4, 0.5) is 14.5 Å². The van der Waals surface area contributed by atoms with E-state index in [0.717, 1.165) is 6.07 Å². The Bertz CT molecular complexity index is 985. The summed E-state index contributed by atoms with van der Waals surface area (Å²) in [6, 6.07) is 5.27. The second-order valence-electron chi connectivity index (χ2n) is 7.42. The van der Waals surface area contributed by atoms with E-state index in [1.165, 1.54) is 31.5 Å². The maximum atomic E-state index is 14.3. The second kappa shape index (κ2) is 8.35. The molecule has 1 aliphatic rings. The number of nitrogens with one attached hydrogen (secondary N) is 1. The zero-order valence-corrected chi connectivity index (χ0v) is 16.9. The average Bonchev–Trinajstić information content (AvgIpc) is 3.08. The van der Waals surface area contributed by atoms with Gasteiger partial charge in [-0.3, -0.25) is 14.6 Å². The normalized spacial score (nSPS) is 23.2. The fraction of sp³-hybridized carbons (Fsp3) is 0.381. The first-order chi connectivity index (χ1) is 14.2. The Morgan fingerprint density at radius 3 is 2.73 bits per heavy atom. The molecule has 0 radical (unpaired) electrons. The molecule has 3 N–H and O–H groups in total. The van der Waals surface area contributed by atoms with Crippen LogP contribution < -0.4 is 15.8 Å². The summed E-state index contributed by atoms with van der Waals surface area (Å²) in [4.78, 5) is 28.2. The van der Waals surface area contributed by atoms with Crippen molar-refractivity contribution in [2.75, 3.05) is 12.4 Å². The highest BCUT2D eigenvalue weighted by Crippen LogP contribution is 2.46. The van der Waals surface area contributed by atoms with Crippen molar-refractivity contribution in [2.24, 2.45) is 5.73 Å². The van der Waals surface area contributed by atoms with Crippen LogP contribution in [0.2, 0.25) is 0 Å². The number of rotatable bonds is 6. The van der Waals surface area contributed by atoms with Gasteiger partial charge in [-0.1, -0.05) is 13.0 Å². The van der Waals surface area contributed by atoms with Crippen LogP contribution in [-0.4, -0.2) is 35.6 Å². The number of halogens is 2. The molecule has 30 heavy (non-hydrogen) atoms. The lowest BCUT2D eigenvalue weighted by molar-refractivity contribution is -0.131. The van der Waals surface area contributed by atoms with Crippen molar-refractivity contribution in [3.05, 3.63) is 53.4 Å². The summed E-state index contributed by atoms with van der Waals surface area (Å²) in [5.74, 6) is -4.19. The highest BCUT2D eigenvalue weighted by atomic mass is 19.2. The van der Waals surface area contributed by atoms with Crippen molar-refractivity contribution in [2.45, 2.75) is 44.3 Å². The molecule has 0 unspecified atom stereocenters. The predicted octanol–water partition coefficient (Wildman–Crippen LogP) is 3.15. The fourth-order valence-corrected chi connectivity index (χ4v) is 3.65. The van der Waals surface area contributed by atoms with Gasteiger partial charge < -0.3 is 20.5 Å². The van der Waals surface area contributed by atoms with E-state index in [1.807, 2.05) is 13.8 Å². The molecule has 2 heterocycles. The van der Waals surface area contributed by atoms with Crippen molar-refractivity contribution in [3.63, 3.8) is 0 Å².